The van der Waals surface area contributed by atoms with Crippen LogP contribution in [0.5, 0.6) is 0 Å². The molecule has 1 N–H and O–H groups in total. The monoisotopic (exact) mass is 375 g/mol. The van der Waals surface area contributed by atoms with Gasteiger partial charge in [-0.25, -0.2) is 0 Å². The largest absolute Gasteiger partial charge is 0.358 e. The van der Waals surface area contributed by atoms with E-state index < -0.39 is 11.7 Å². The number of ketones is 1. The fourth-order valence-corrected chi connectivity index (χ4v) is 3.66. The summed E-state index contributed by atoms with van der Waals surface area (Å²) in [6, 6.07) is 15.1. The smallest absolute Gasteiger partial charge is 0.295 e. The Kier molecular flexibility index (Phi) is 4.47. The summed E-state index contributed by atoms with van der Waals surface area (Å²) in [4.78, 5) is 44.5. The van der Waals surface area contributed by atoms with Gasteiger partial charge in [-0.05, 0) is 32.0 Å². The Morgan fingerprint density at radius 3 is 2.39 bits per heavy atom. The third-order valence-corrected chi connectivity index (χ3v) is 5.17. The molecule has 0 saturated carbocycles. The van der Waals surface area contributed by atoms with Crippen LogP contribution in [0.1, 0.15) is 21.6 Å². The molecule has 28 heavy (non-hydrogen) atoms. The van der Waals surface area contributed by atoms with Crippen LogP contribution in [0.2, 0.25) is 0 Å². The second-order valence-electron chi connectivity index (χ2n) is 7.11. The first-order valence-electron chi connectivity index (χ1n) is 9.23. The summed E-state index contributed by atoms with van der Waals surface area (Å²) >= 11 is 0. The molecular formula is C22H21N3O3. The molecule has 2 amide bonds. The minimum atomic E-state index is -0.634. The minimum absolute atomic E-state index is 0.0974. The van der Waals surface area contributed by atoms with Crippen LogP contribution in [-0.4, -0.2) is 47.1 Å². The van der Waals surface area contributed by atoms with Crippen molar-refractivity contribution in [1.82, 2.24) is 9.88 Å². The summed E-state index contributed by atoms with van der Waals surface area (Å²) in [6.07, 6.45) is 0. The van der Waals surface area contributed by atoms with Crippen molar-refractivity contribution in [2.75, 3.05) is 24.5 Å². The first-order chi connectivity index (χ1) is 13.5. The van der Waals surface area contributed by atoms with Gasteiger partial charge in [-0.15, -0.1) is 0 Å². The molecule has 6 heteroatoms. The van der Waals surface area contributed by atoms with Crippen LogP contribution in [-0.2, 0) is 9.59 Å². The molecule has 2 aromatic carbocycles. The molecule has 1 fully saturated rings. The molecule has 3 aromatic rings. The molecule has 0 spiro atoms. The van der Waals surface area contributed by atoms with Crippen LogP contribution in [0.15, 0.2) is 48.5 Å². The zero-order chi connectivity index (χ0) is 19.8. The van der Waals surface area contributed by atoms with Gasteiger partial charge in [0, 0.05) is 35.4 Å². The van der Waals surface area contributed by atoms with Crippen LogP contribution in [0, 0.1) is 13.8 Å². The molecule has 4 rings (SSSR count). The van der Waals surface area contributed by atoms with E-state index in [2.05, 4.69) is 4.98 Å². The van der Waals surface area contributed by atoms with E-state index in [9.17, 15) is 14.4 Å². The number of anilines is 1. The number of para-hydroxylation sites is 1. The number of nitrogens with one attached hydrogen (secondary N) is 1. The lowest BCUT2D eigenvalue weighted by Gasteiger charge is -2.34. The van der Waals surface area contributed by atoms with Gasteiger partial charge in [0.05, 0.1) is 5.56 Å². The first-order valence-corrected chi connectivity index (χ1v) is 9.23. The van der Waals surface area contributed by atoms with Gasteiger partial charge in [-0.1, -0.05) is 35.9 Å². The van der Waals surface area contributed by atoms with Gasteiger partial charge in [0.2, 0.25) is 5.91 Å². The van der Waals surface area contributed by atoms with Crippen molar-refractivity contribution in [2.24, 2.45) is 0 Å². The lowest BCUT2D eigenvalue weighted by atomic mass is 10.1. The molecular weight excluding hydrogens is 354 g/mol. The van der Waals surface area contributed by atoms with Gasteiger partial charge in [0.15, 0.2) is 0 Å². The van der Waals surface area contributed by atoms with Crippen LogP contribution in [0.25, 0.3) is 10.9 Å². The highest BCUT2D eigenvalue weighted by Gasteiger charge is 2.33. The summed E-state index contributed by atoms with van der Waals surface area (Å²) in [5, 5.41) is 0.725. The van der Waals surface area contributed by atoms with Crippen LogP contribution < -0.4 is 4.90 Å². The number of nitrogens with zero attached hydrogens (tertiary/aromatic N) is 2. The average Bonchev–Trinajstić information content (AvgIpc) is 3.03. The van der Waals surface area contributed by atoms with Crippen molar-refractivity contribution < 1.29 is 14.4 Å². The molecule has 0 bridgehead atoms. The lowest BCUT2D eigenvalue weighted by Crippen LogP contribution is -2.54. The standard InChI is InChI=1S/C22H21N3O3/c1-14-7-9-16(10-8-14)25-12-11-24(13-19(25)26)22(28)21(27)20-15(2)23-18-6-4-3-5-17(18)20/h3-10,23H,11-13H2,1-2H3. The van der Waals surface area contributed by atoms with Crippen molar-refractivity contribution in [1.29, 1.82) is 0 Å². The molecule has 1 saturated heterocycles. The van der Waals surface area contributed by atoms with Gasteiger partial charge in [-0.3, -0.25) is 14.4 Å². The van der Waals surface area contributed by atoms with Gasteiger partial charge >= 0.3 is 0 Å². The highest BCUT2D eigenvalue weighted by Crippen LogP contribution is 2.24. The number of Topliss-reactive ketones (excluding diaryl/α,β-unsaturated/α-hetero) is 1. The number of hydrogen-bond donors (Lipinski definition) is 1. The number of aryl methyl sites for hydroxylation is 2. The van der Waals surface area contributed by atoms with E-state index >= 15 is 0 Å². The summed E-state index contributed by atoms with van der Waals surface area (Å²) in [7, 11) is 0. The van der Waals surface area contributed by atoms with Crippen molar-refractivity contribution in [3.63, 3.8) is 0 Å². The SMILES string of the molecule is Cc1ccc(N2CCN(C(=O)C(=O)c3c(C)[nH]c4ccccc34)CC2=O)cc1. The number of fused-ring (bicyclic) bond motifs is 1. The van der Waals surface area contributed by atoms with E-state index in [-0.39, 0.29) is 12.5 Å². The van der Waals surface area contributed by atoms with Crippen molar-refractivity contribution in [2.45, 2.75) is 13.8 Å². The number of benzene rings is 2. The summed E-state index contributed by atoms with van der Waals surface area (Å²) in [5.74, 6) is -1.40. The molecule has 0 unspecified atom stereocenters. The molecule has 1 aliphatic rings. The van der Waals surface area contributed by atoms with Crippen molar-refractivity contribution >= 4 is 34.2 Å². The maximum absolute atomic E-state index is 12.9. The molecule has 1 aromatic heterocycles. The maximum atomic E-state index is 12.9. The highest BCUT2D eigenvalue weighted by atomic mass is 16.2. The Balaban J connectivity index is 1.53. The first kappa shape index (κ1) is 18.0. The number of hydrogen-bond acceptors (Lipinski definition) is 3. The summed E-state index contributed by atoms with van der Waals surface area (Å²) in [5.41, 5.74) is 3.78. The van der Waals surface area contributed by atoms with E-state index in [1.165, 1.54) is 4.90 Å². The number of amides is 2. The van der Waals surface area contributed by atoms with Gasteiger partial charge in [0.1, 0.15) is 6.54 Å². The number of piperazine rings is 1. The van der Waals surface area contributed by atoms with Gasteiger partial charge < -0.3 is 14.8 Å². The van der Waals surface area contributed by atoms with Crippen LogP contribution in [0.4, 0.5) is 5.69 Å². The Bertz CT molecular complexity index is 1080. The normalized spacial score (nSPS) is 14.6. The molecule has 2 heterocycles. The van der Waals surface area contributed by atoms with Crippen LogP contribution >= 0.6 is 0 Å². The molecule has 6 nitrogen and oxygen atoms in total. The fourth-order valence-electron chi connectivity index (χ4n) is 3.66. The number of H-pyrrole nitrogens is 1. The fraction of sp³-hybridized carbons (Fsp3) is 0.227. The van der Waals surface area contributed by atoms with E-state index in [1.807, 2.05) is 55.5 Å². The second-order valence-corrected chi connectivity index (χ2v) is 7.11. The maximum Gasteiger partial charge on any atom is 0.295 e. The topological polar surface area (TPSA) is 73.5 Å². The van der Waals surface area contributed by atoms with Gasteiger partial charge in [-0.2, -0.15) is 0 Å². The number of carbonyl (C=O) groups is 3. The van der Waals surface area contributed by atoms with E-state index in [4.69, 9.17) is 0 Å². The number of carbonyl (C=O) groups excluding carboxylic acids is 3. The van der Waals surface area contributed by atoms with E-state index in [1.54, 1.807) is 11.8 Å². The van der Waals surface area contributed by atoms with Gasteiger partial charge in [0.25, 0.3) is 11.7 Å². The number of aromatic amines is 1. The Morgan fingerprint density at radius 2 is 1.68 bits per heavy atom. The molecule has 0 radical (unpaired) electrons. The quantitative estimate of drug-likeness (QED) is 0.565. The highest BCUT2D eigenvalue weighted by molar-refractivity contribution is 6.45. The average molecular weight is 375 g/mol. The van der Waals surface area contributed by atoms with E-state index in [0.717, 1.165) is 22.2 Å². The lowest BCUT2D eigenvalue weighted by molar-refractivity contribution is -0.133. The second kappa shape index (κ2) is 6.96. The number of aromatic nitrogens is 1. The molecule has 0 atom stereocenters. The number of rotatable bonds is 3. The predicted octanol–water partition coefficient (Wildman–Crippen LogP) is 2.84. The Hall–Kier alpha value is -3.41. The van der Waals surface area contributed by atoms with Crippen molar-refractivity contribution in [3.05, 3.63) is 65.4 Å². The third kappa shape index (κ3) is 3.07. The minimum Gasteiger partial charge on any atom is -0.358 e. The summed E-state index contributed by atoms with van der Waals surface area (Å²) in [6.45, 7) is 4.36. The molecule has 0 aliphatic carbocycles. The van der Waals surface area contributed by atoms with E-state index in [0.29, 0.717) is 24.3 Å². The third-order valence-electron chi connectivity index (χ3n) is 5.17. The zero-order valence-corrected chi connectivity index (χ0v) is 15.9. The Labute approximate surface area is 162 Å². The Morgan fingerprint density at radius 1 is 0.964 bits per heavy atom. The van der Waals surface area contributed by atoms with Crippen molar-refractivity contribution in [3.8, 4) is 0 Å². The predicted molar refractivity (Wildman–Crippen MR) is 107 cm³/mol. The molecule has 142 valence electrons. The zero-order valence-electron chi connectivity index (χ0n) is 15.9. The van der Waals surface area contributed by atoms with Crippen LogP contribution in [0.3, 0.4) is 0 Å². The molecule has 1 aliphatic heterocycles. The summed E-state index contributed by atoms with van der Waals surface area (Å²) < 4.78 is 0.